The summed E-state index contributed by atoms with van der Waals surface area (Å²) in [5.74, 6) is 0.804. The Bertz CT molecular complexity index is 391. The summed E-state index contributed by atoms with van der Waals surface area (Å²) < 4.78 is 6.41. The third kappa shape index (κ3) is 3.62. The van der Waals surface area contributed by atoms with Gasteiger partial charge < -0.3 is 15.4 Å². The first-order chi connectivity index (χ1) is 8.66. The van der Waals surface area contributed by atoms with Crippen LogP contribution in [0.3, 0.4) is 0 Å². The molecule has 100 valence electrons. The van der Waals surface area contributed by atoms with Crippen molar-refractivity contribution in [2.75, 3.05) is 37.4 Å². The van der Waals surface area contributed by atoms with E-state index in [0.29, 0.717) is 0 Å². The molecule has 1 aromatic carbocycles. The lowest BCUT2D eigenvalue weighted by Gasteiger charge is -2.26. The topological polar surface area (TPSA) is 38.5 Å². The van der Waals surface area contributed by atoms with E-state index >= 15 is 0 Å². The lowest BCUT2D eigenvalue weighted by molar-refractivity contribution is 0.0645. The summed E-state index contributed by atoms with van der Waals surface area (Å²) in [5.41, 5.74) is 7.99. The fourth-order valence-electron chi connectivity index (χ4n) is 2.40. The molecule has 0 aliphatic carbocycles. The van der Waals surface area contributed by atoms with Gasteiger partial charge in [0.2, 0.25) is 0 Å². The van der Waals surface area contributed by atoms with Gasteiger partial charge in [0, 0.05) is 31.3 Å². The van der Waals surface area contributed by atoms with E-state index in [1.807, 2.05) is 12.1 Å². The molecule has 3 nitrogen and oxygen atoms in total. The minimum atomic E-state index is 0.804. The van der Waals surface area contributed by atoms with E-state index in [1.54, 1.807) is 0 Å². The monoisotopic (exact) mass is 312 g/mol. The molecule has 2 N–H and O–H groups in total. The van der Waals surface area contributed by atoms with Gasteiger partial charge in [-0.25, -0.2) is 0 Å². The van der Waals surface area contributed by atoms with Crippen LogP contribution >= 0.6 is 15.9 Å². The molecule has 18 heavy (non-hydrogen) atoms. The summed E-state index contributed by atoms with van der Waals surface area (Å²) in [6.45, 7) is 2.90. The minimum Gasteiger partial charge on any atom is -0.397 e. The lowest BCUT2D eigenvalue weighted by Crippen LogP contribution is -2.24. The molecule has 1 fully saturated rings. The molecule has 1 aliphatic heterocycles. The first kappa shape index (κ1) is 13.7. The van der Waals surface area contributed by atoms with Crippen LogP contribution in [0.5, 0.6) is 0 Å². The van der Waals surface area contributed by atoms with Crippen molar-refractivity contribution in [3.05, 3.63) is 22.7 Å². The van der Waals surface area contributed by atoms with E-state index in [4.69, 9.17) is 10.5 Å². The van der Waals surface area contributed by atoms with E-state index in [1.165, 1.54) is 19.3 Å². The molecule has 1 saturated heterocycles. The number of benzene rings is 1. The number of nitrogens with two attached hydrogens (primary N) is 1. The Hall–Kier alpha value is -0.740. The number of ether oxygens (including phenoxy) is 1. The number of nitrogens with zero attached hydrogens (tertiary/aromatic N) is 1. The summed E-state index contributed by atoms with van der Waals surface area (Å²) in [6.07, 6.45) is 3.61. The van der Waals surface area contributed by atoms with E-state index < -0.39 is 0 Å². The maximum Gasteiger partial charge on any atom is 0.0598 e. The number of halogens is 1. The van der Waals surface area contributed by atoms with Crippen molar-refractivity contribution >= 4 is 27.3 Å². The Morgan fingerprint density at radius 3 is 2.78 bits per heavy atom. The summed E-state index contributed by atoms with van der Waals surface area (Å²) in [4.78, 5) is 2.25. The van der Waals surface area contributed by atoms with Crippen molar-refractivity contribution in [3.63, 3.8) is 0 Å². The van der Waals surface area contributed by atoms with Gasteiger partial charge in [-0.1, -0.05) is 15.9 Å². The number of hydrogen-bond donors (Lipinski definition) is 1. The van der Waals surface area contributed by atoms with Crippen molar-refractivity contribution in [2.45, 2.75) is 19.3 Å². The summed E-state index contributed by atoms with van der Waals surface area (Å²) in [6, 6.07) is 6.07. The highest BCUT2D eigenvalue weighted by molar-refractivity contribution is 9.10. The van der Waals surface area contributed by atoms with Crippen molar-refractivity contribution in [1.29, 1.82) is 0 Å². The first-order valence-electron chi connectivity index (χ1n) is 6.50. The SMILES string of the molecule is CN(CCC1CCOCC1)c1ccc(Br)cc1N. The van der Waals surface area contributed by atoms with Crippen LogP contribution in [0.2, 0.25) is 0 Å². The van der Waals surface area contributed by atoms with Gasteiger partial charge in [-0.3, -0.25) is 0 Å². The Morgan fingerprint density at radius 2 is 2.11 bits per heavy atom. The third-order valence-electron chi connectivity index (χ3n) is 3.61. The first-order valence-corrected chi connectivity index (χ1v) is 7.30. The maximum atomic E-state index is 6.04. The van der Waals surface area contributed by atoms with Crippen molar-refractivity contribution in [2.24, 2.45) is 5.92 Å². The molecular formula is C14H21BrN2O. The number of nitrogen functional groups attached to an aromatic ring is 1. The van der Waals surface area contributed by atoms with Gasteiger partial charge in [0.1, 0.15) is 0 Å². The van der Waals surface area contributed by atoms with Crippen molar-refractivity contribution < 1.29 is 4.74 Å². The highest BCUT2D eigenvalue weighted by Gasteiger charge is 2.15. The molecule has 0 aromatic heterocycles. The van der Waals surface area contributed by atoms with Gasteiger partial charge in [0.25, 0.3) is 0 Å². The molecule has 1 aliphatic rings. The quantitative estimate of drug-likeness (QED) is 0.867. The van der Waals surface area contributed by atoms with Crippen LogP contribution < -0.4 is 10.6 Å². The molecule has 0 spiro atoms. The predicted octanol–water partition coefficient (Wildman–Crippen LogP) is 3.28. The molecular weight excluding hydrogens is 292 g/mol. The Balaban J connectivity index is 1.88. The molecule has 0 saturated carbocycles. The van der Waals surface area contributed by atoms with Crippen LogP contribution in [0.1, 0.15) is 19.3 Å². The van der Waals surface area contributed by atoms with Gasteiger partial charge >= 0.3 is 0 Å². The van der Waals surface area contributed by atoms with Crippen LogP contribution in [-0.2, 0) is 4.74 Å². The third-order valence-corrected chi connectivity index (χ3v) is 4.11. The zero-order valence-corrected chi connectivity index (χ0v) is 12.4. The fourth-order valence-corrected chi connectivity index (χ4v) is 2.78. The number of rotatable bonds is 4. The second-order valence-corrected chi connectivity index (χ2v) is 5.88. The molecule has 0 atom stereocenters. The zero-order chi connectivity index (χ0) is 13.0. The van der Waals surface area contributed by atoms with Crippen LogP contribution in [0.15, 0.2) is 22.7 Å². The van der Waals surface area contributed by atoms with E-state index in [0.717, 1.165) is 41.5 Å². The minimum absolute atomic E-state index is 0.804. The van der Waals surface area contributed by atoms with Gasteiger partial charge in [-0.15, -0.1) is 0 Å². The Labute approximate surface area is 117 Å². The molecule has 0 radical (unpaired) electrons. The molecule has 0 unspecified atom stereocenters. The molecule has 0 bridgehead atoms. The van der Waals surface area contributed by atoms with Crippen LogP contribution in [0.25, 0.3) is 0 Å². The normalized spacial score (nSPS) is 16.8. The van der Waals surface area contributed by atoms with Crippen molar-refractivity contribution in [3.8, 4) is 0 Å². The van der Waals surface area contributed by atoms with Gasteiger partial charge in [0.15, 0.2) is 0 Å². The van der Waals surface area contributed by atoms with Crippen LogP contribution in [-0.4, -0.2) is 26.8 Å². The van der Waals surface area contributed by atoms with Crippen LogP contribution in [0, 0.1) is 5.92 Å². The zero-order valence-electron chi connectivity index (χ0n) is 10.9. The lowest BCUT2D eigenvalue weighted by atomic mass is 9.96. The average molecular weight is 313 g/mol. The summed E-state index contributed by atoms with van der Waals surface area (Å²) in [5, 5.41) is 0. The molecule has 1 aromatic rings. The number of anilines is 2. The van der Waals surface area contributed by atoms with Crippen LogP contribution in [0.4, 0.5) is 11.4 Å². The predicted molar refractivity (Wildman–Crippen MR) is 80.0 cm³/mol. The van der Waals surface area contributed by atoms with E-state index in [-0.39, 0.29) is 0 Å². The maximum absolute atomic E-state index is 6.04. The Kier molecular flexibility index (Phi) is 4.89. The highest BCUT2D eigenvalue weighted by atomic mass is 79.9. The molecule has 4 heteroatoms. The fraction of sp³-hybridized carbons (Fsp3) is 0.571. The summed E-state index contributed by atoms with van der Waals surface area (Å²) >= 11 is 3.43. The standard InChI is InChI=1S/C14H21BrN2O/c1-17(7-4-11-5-8-18-9-6-11)14-3-2-12(15)10-13(14)16/h2-3,10-11H,4-9,16H2,1H3. The second-order valence-electron chi connectivity index (χ2n) is 4.97. The highest BCUT2D eigenvalue weighted by Crippen LogP contribution is 2.27. The Morgan fingerprint density at radius 1 is 1.39 bits per heavy atom. The average Bonchev–Trinajstić information content (AvgIpc) is 2.37. The van der Waals surface area contributed by atoms with Gasteiger partial charge in [-0.2, -0.15) is 0 Å². The smallest absolute Gasteiger partial charge is 0.0598 e. The van der Waals surface area contributed by atoms with Crippen molar-refractivity contribution in [1.82, 2.24) is 0 Å². The molecule has 0 amide bonds. The second kappa shape index (κ2) is 6.43. The van der Waals surface area contributed by atoms with Gasteiger partial charge in [-0.05, 0) is 43.4 Å². The molecule has 2 rings (SSSR count). The largest absolute Gasteiger partial charge is 0.397 e. The van der Waals surface area contributed by atoms with E-state index in [2.05, 4.69) is 33.9 Å². The van der Waals surface area contributed by atoms with Gasteiger partial charge in [0.05, 0.1) is 11.4 Å². The van der Waals surface area contributed by atoms with E-state index in [9.17, 15) is 0 Å². The number of hydrogen-bond acceptors (Lipinski definition) is 3. The summed E-state index contributed by atoms with van der Waals surface area (Å²) in [7, 11) is 2.11. The molecule has 1 heterocycles.